The summed E-state index contributed by atoms with van der Waals surface area (Å²) in [5, 5.41) is 10.0. The van der Waals surface area contributed by atoms with Gasteiger partial charge >= 0.3 is 5.97 Å². The van der Waals surface area contributed by atoms with Crippen LogP contribution in [-0.2, 0) is 4.79 Å². The number of carboxylic acids is 1. The van der Waals surface area contributed by atoms with E-state index < -0.39 is 12.0 Å². The van der Waals surface area contributed by atoms with Crippen molar-refractivity contribution in [3.05, 3.63) is 15.6 Å². The molecule has 0 saturated heterocycles. The Bertz CT molecular complexity index is 520. The molecule has 20 heavy (non-hydrogen) atoms. The van der Waals surface area contributed by atoms with Gasteiger partial charge in [-0.3, -0.25) is 4.79 Å². The number of aromatic nitrogens is 1. The zero-order chi connectivity index (χ0) is 14.9. The number of carboxylic acid groups (broad SMARTS) is 1. The number of thiazole rings is 1. The lowest BCUT2D eigenvalue weighted by Gasteiger charge is -2.20. The van der Waals surface area contributed by atoms with Crippen LogP contribution in [0.1, 0.15) is 58.9 Å². The Kier molecular flexibility index (Phi) is 4.42. The van der Waals surface area contributed by atoms with Crippen LogP contribution in [0.2, 0.25) is 0 Å². The SMILES string of the molecule is Cc1nc(C2CCCC2)sc1C(=O)N(C)C(C)C(=O)O. The number of aliphatic carboxylic acids is 1. The lowest BCUT2D eigenvalue weighted by Crippen LogP contribution is -2.40. The van der Waals surface area contributed by atoms with Crippen molar-refractivity contribution in [3.63, 3.8) is 0 Å². The molecule has 0 spiro atoms. The minimum Gasteiger partial charge on any atom is -0.480 e. The van der Waals surface area contributed by atoms with E-state index >= 15 is 0 Å². The number of carbonyl (C=O) groups is 2. The molecule has 1 heterocycles. The molecule has 110 valence electrons. The lowest BCUT2D eigenvalue weighted by atomic mass is 10.1. The summed E-state index contributed by atoms with van der Waals surface area (Å²) in [5.74, 6) is -0.777. The maximum atomic E-state index is 12.4. The van der Waals surface area contributed by atoms with Crippen LogP contribution in [0, 0.1) is 6.92 Å². The van der Waals surface area contributed by atoms with Crippen LogP contribution in [0.25, 0.3) is 0 Å². The van der Waals surface area contributed by atoms with Crippen LogP contribution in [0.4, 0.5) is 0 Å². The third kappa shape index (κ3) is 2.85. The first-order chi connectivity index (χ1) is 9.41. The Balaban J connectivity index is 2.19. The van der Waals surface area contributed by atoms with E-state index in [-0.39, 0.29) is 5.91 Å². The number of hydrogen-bond donors (Lipinski definition) is 1. The molecular weight excluding hydrogens is 276 g/mol. The van der Waals surface area contributed by atoms with E-state index in [1.165, 1.54) is 43.0 Å². The van der Waals surface area contributed by atoms with Gasteiger partial charge < -0.3 is 10.0 Å². The molecule has 1 aromatic rings. The van der Waals surface area contributed by atoms with E-state index in [1.54, 1.807) is 0 Å². The van der Waals surface area contributed by atoms with Crippen molar-refractivity contribution >= 4 is 23.2 Å². The Morgan fingerprint density at radius 1 is 1.40 bits per heavy atom. The van der Waals surface area contributed by atoms with Gasteiger partial charge in [-0.05, 0) is 26.7 Å². The molecule has 5 nitrogen and oxygen atoms in total. The molecule has 0 bridgehead atoms. The fourth-order valence-corrected chi connectivity index (χ4v) is 3.68. The zero-order valence-corrected chi connectivity index (χ0v) is 12.9. The van der Waals surface area contributed by atoms with Crippen molar-refractivity contribution in [1.29, 1.82) is 0 Å². The number of carbonyl (C=O) groups excluding carboxylic acids is 1. The summed E-state index contributed by atoms with van der Waals surface area (Å²) in [6.45, 7) is 3.33. The Morgan fingerprint density at radius 2 is 2.00 bits per heavy atom. The fraction of sp³-hybridized carbons (Fsp3) is 0.643. The summed E-state index contributed by atoms with van der Waals surface area (Å²) < 4.78 is 0. The Morgan fingerprint density at radius 3 is 2.55 bits per heavy atom. The van der Waals surface area contributed by atoms with Crippen molar-refractivity contribution in [2.75, 3.05) is 7.05 Å². The van der Waals surface area contributed by atoms with Gasteiger partial charge in [-0.2, -0.15) is 0 Å². The third-order valence-corrected chi connectivity index (χ3v) is 5.28. The van der Waals surface area contributed by atoms with E-state index in [4.69, 9.17) is 5.11 Å². The summed E-state index contributed by atoms with van der Waals surface area (Å²) in [6.07, 6.45) is 4.73. The maximum absolute atomic E-state index is 12.4. The van der Waals surface area contributed by atoms with Gasteiger partial charge in [-0.25, -0.2) is 9.78 Å². The summed E-state index contributed by atoms with van der Waals surface area (Å²) >= 11 is 1.43. The highest BCUT2D eigenvalue weighted by Crippen LogP contribution is 2.37. The first kappa shape index (κ1) is 15.0. The topological polar surface area (TPSA) is 70.5 Å². The molecule has 2 rings (SSSR count). The molecule has 1 aliphatic carbocycles. The summed E-state index contributed by atoms with van der Waals surface area (Å²) in [6, 6.07) is -0.834. The van der Waals surface area contributed by atoms with Crippen LogP contribution in [0.5, 0.6) is 0 Å². The minimum atomic E-state index is -1.00. The highest BCUT2D eigenvalue weighted by molar-refractivity contribution is 7.13. The first-order valence-corrected chi connectivity index (χ1v) is 7.70. The van der Waals surface area contributed by atoms with E-state index in [0.717, 1.165) is 17.8 Å². The smallest absolute Gasteiger partial charge is 0.326 e. The van der Waals surface area contributed by atoms with Gasteiger partial charge in [0.2, 0.25) is 0 Å². The molecule has 1 aromatic heterocycles. The molecular formula is C14H20N2O3S. The number of hydrogen-bond acceptors (Lipinski definition) is 4. The zero-order valence-electron chi connectivity index (χ0n) is 12.0. The second-order valence-electron chi connectivity index (χ2n) is 5.38. The van der Waals surface area contributed by atoms with Crippen LogP contribution >= 0.6 is 11.3 Å². The van der Waals surface area contributed by atoms with Gasteiger partial charge in [0.25, 0.3) is 5.91 Å². The largest absolute Gasteiger partial charge is 0.480 e. The molecule has 0 aliphatic heterocycles. The number of likely N-dealkylation sites (N-methyl/N-ethyl adjacent to an activating group) is 1. The third-order valence-electron chi connectivity index (χ3n) is 3.97. The van der Waals surface area contributed by atoms with E-state index in [0.29, 0.717) is 16.5 Å². The molecule has 0 radical (unpaired) electrons. The minimum absolute atomic E-state index is 0.251. The van der Waals surface area contributed by atoms with E-state index in [2.05, 4.69) is 4.98 Å². The van der Waals surface area contributed by atoms with Gasteiger partial charge in [0.05, 0.1) is 10.7 Å². The summed E-state index contributed by atoms with van der Waals surface area (Å²) in [4.78, 5) is 29.7. The second kappa shape index (κ2) is 5.91. The van der Waals surface area contributed by atoms with Crippen LogP contribution in [-0.4, -0.2) is 40.0 Å². The van der Waals surface area contributed by atoms with Crippen molar-refractivity contribution in [2.24, 2.45) is 0 Å². The van der Waals surface area contributed by atoms with Gasteiger partial charge in [0, 0.05) is 13.0 Å². The highest BCUT2D eigenvalue weighted by atomic mass is 32.1. The fourth-order valence-electron chi connectivity index (χ4n) is 2.46. The van der Waals surface area contributed by atoms with Gasteiger partial charge in [-0.15, -0.1) is 11.3 Å². The molecule has 1 saturated carbocycles. The summed E-state index contributed by atoms with van der Waals surface area (Å²) in [7, 11) is 1.52. The second-order valence-corrected chi connectivity index (χ2v) is 6.41. The highest BCUT2D eigenvalue weighted by Gasteiger charge is 2.28. The molecule has 1 atom stereocenters. The van der Waals surface area contributed by atoms with Crippen molar-refractivity contribution < 1.29 is 14.7 Å². The van der Waals surface area contributed by atoms with Gasteiger partial charge in [0.15, 0.2) is 0 Å². The Labute approximate surface area is 122 Å². The molecule has 1 N–H and O–H groups in total. The predicted octanol–water partition coefficient (Wildman–Crippen LogP) is 2.65. The number of nitrogens with zero attached hydrogens (tertiary/aromatic N) is 2. The van der Waals surface area contributed by atoms with Crippen LogP contribution in [0.15, 0.2) is 0 Å². The van der Waals surface area contributed by atoms with Crippen LogP contribution in [0.3, 0.4) is 0 Å². The molecule has 0 aromatic carbocycles. The van der Waals surface area contributed by atoms with Crippen molar-refractivity contribution in [2.45, 2.75) is 51.5 Å². The van der Waals surface area contributed by atoms with Gasteiger partial charge in [0.1, 0.15) is 10.9 Å². The normalized spacial score (nSPS) is 17.1. The van der Waals surface area contributed by atoms with E-state index in [9.17, 15) is 9.59 Å². The number of aryl methyl sites for hydroxylation is 1. The maximum Gasteiger partial charge on any atom is 0.326 e. The lowest BCUT2D eigenvalue weighted by molar-refractivity contribution is -0.141. The molecule has 1 amide bonds. The Hall–Kier alpha value is -1.43. The molecule has 1 fully saturated rings. The predicted molar refractivity (Wildman–Crippen MR) is 77.3 cm³/mol. The molecule has 6 heteroatoms. The number of rotatable bonds is 4. The van der Waals surface area contributed by atoms with E-state index in [1.807, 2.05) is 6.92 Å². The molecule has 1 unspecified atom stereocenters. The quantitative estimate of drug-likeness (QED) is 0.927. The average molecular weight is 296 g/mol. The standard InChI is InChI=1S/C14H20N2O3S/c1-8-11(13(17)16(3)9(2)14(18)19)20-12(15-8)10-6-4-5-7-10/h9-10H,4-7H2,1-3H3,(H,18,19). The van der Waals surface area contributed by atoms with Crippen molar-refractivity contribution in [3.8, 4) is 0 Å². The monoisotopic (exact) mass is 296 g/mol. The summed E-state index contributed by atoms with van der Waals surface area (Å²) in [5.41, 5.74) is 0.714. The molecule has 1 aliphatic rings. The number of amides is 1. The average Bonchev–Trinajstić information content (AvgIpc) is 3.04. The van der Waals surface area contributed by atoms with Crippen LogP contribution < -0.4 is 0 Å². The first-order valence-electron chi connectivity index (χ1n) is 6.89. The van der Waals surface area contributed by atoms with Gasteiger partial charge in [-0.1, -0.05) is 12.8 Å². The van der Waals surface area contributed by atoms with Crippen molar-refractivity contribution in [1.82, 2.24) is 9.88 Å².